The van der Waals surface area contributed by atoms with Crippen molar-refractivity contribution in [2.45, 2.75) is 19.9 Å². The van der Waals surface area contributed by atoms with Crippen molar-refractivity contribution in [1.82, 2.24) is 10.2 Å². The molecule has 3 nitrogen and oxygen atoms in total. The second-order valence-electron chi connectivity index (χ2n) is 4.39. The summed E-state index contributed by atoms with van der Waals surface area (Å²) in [6.07, 6.45) is 1.20. The molecule has 2 N–H and O–H groups in total. The average molecular weight is 235 g/mol. The molecule has 0 saturated carbocycles. The summed E-state index contributed by atoms with van der Waals surface area (Å²) in [4.78, 5) is 2.35. The van der Waals surface area contributed by atoms with Crippen LogP contribution in [-0.2, 0) is 6.54 Å². The third-order valence-electron chi connectivity index (χ3n) is 2.82. The zero-order valence-electron chi connectivity index (χ0n) is 11.3. The molecule has 0 saturated heterocycles. The molecule has 17 heavy (non-hydrogen) atoms. The first-order valence-corrected chi connectivity index (χ1v) is 6.42. The molecule has 0 spiro atoms. The number of para-hydroxylation sites is 1. The molecule has 0 amide bonds. The Morgan fingerprint density at radius 3 is 2.65 bits per heavy atom. The summed E-state index contributed by atoms with van der Waals surface area (Å²) in [5.74, 6) is 0. The molecule has 0 bridgehead atoms. The predicted octanol–water partition coefficient (Wildman–Crippen LogP) is 2.16. The van der Waals surface area contributed by atoms with Crippen molar-refractivity contribution in [3.63, 3.8) is 0 Å². The van der Waals surface area contributed by atoms with Crippen LogP contribution in [0.1, 0.15) is 18.9 Å². The van der Waals surface area contributed by atoms with Crippen LogP contribution in [0.25, 0.3) is 0 Å². The molecule has 0 aromatic heterocycles. The Labute approximate surface area is 105 Å². The van der Waals surface area contributed by atoms with Crippen molar-refractivity contribution in [2.24, 2.45) is 0 Å². The maximum Gasteiger partial charge on any atom is 0.0383 e. The van der Waals surface area contributed by atoms with Crippen LogP contribution >= 0.6 is 0 Å². The molecule has 0 unspecified atom stereocenters. The van der Waals surface area contributed by atoms with Crippen molar-refractivity contribution in [3.8, 4) is 0 Å². The molecule has 1 aromatic rings. The van der Waals surface area contributed by atoms with Crippen molar-refractivity contribution in [2.75, 3.05) is 39.0 Å². The molecule has 0 radical (unpaired) electrons. The lowest BCUT2D eigenvalue weighted by atomic mass is 10.1. The average Bonchev–Trinajstić information content (AvgIpc) is 2.35. The van der Waals surface area contributed by atoms with E-state index >= 15 is 0 Å². The first-order chi connectivity index (χ1) is 8.27. The van der Waals surface area contributed by atoms with Gasteiger partial charge in [0.25, 0.3) is 0 Å². The van der Waals surface area contributed by atoms with E-state index in [1.54, 1.807) is 0 Å². The summed E-state index contributed by atoms with van der Waals surface area (Å²) in [6.45, 7) is 6.44. The van der Waals surface area contributed by atoms with Gasteiger partial charge in [-0.05, 0) is 31.6 Å². The first kappa shape index (κ1) is 14.0. The zero-order valence-corrected chi connectivity index (χ0v) is 11.3. The van der Waals surface area contributed by atoms with Gasteiger partial charge in [0.1, 0.15) is 0 Å². The number of hydrogen-bond acceptors (Lipinski definition) is 3. The van der Waals surface area contributed by atoms with E-state index in [0.29, 0.717) is 0 Å². The predicted molar refractivity (Wildman–Crippen MR) is 75.5 cm³/mol. The van der Waals surface area contributed by atoms with Crippen molar-refractivity contribution >= 4 is 5.69 Å². The molecule has 3 heteroatoms. The van der Waals surface area contributed by atoms with Crippen molar-refractivity contribution in [1.29, 1.82) is 0 Å². The third kappa shape index (κ3) is 5.20. The minimum absolute atomic E-state index is 0.991. The Balaban J connectivity index is 2.36. The maximum absolute atomic E-state index is 3.42. The molecule has 96 valence electrons. The molecular weight excluding hydrogens is 210 g/mol. The lowest BCUT2D eigenvalue weighted by molar-refractivity contribution is 0.325. The number of benzene rings is 1. The van der Waals surface area contributed by atoms with Crippen LogP contribution < -0.4 is 10.6 Å². The highest BCUT2D eigenvalue weighted by molar-refractivity contribution is 5.50. The lowest BCUT2D eigenvalue weighted by Gasteiger charge is -2.19. The fourth-order valence-corrected chi connectivity index (χ4v) is 1.84. The highest BCUT2D eigenvalue weighted by Gasteiger charge is 2.03. The summed E-state index contributed by atoms with van der Waals surface area (Å²) in [7, 11) is 4.14. The van der Waals surface area contributed by atoms with E-state index in [-0.39, 0.29) is 0 Å². The fourth-order valence-electron chi connectivity index (χ4n) is 1.84. The van der Waals surface area contributed by atoms with Gasteiger partial charge in [-0.2, -0.15) is 0 Å². The van der Waals surface area contributed by atoms with Gasteiger partial charge in [0.15, 0.2) is 0 Å². The standard InChI is InChI=1S/C14H25N3/c1-4-9-16-10-11-17(3)12-13-7-5-6-8-14(13)15-2/h5-8,15-16H,4,9-12H2,1-3H3. The van der Waals surface area contributed by atoms with Gasteiger partial charge in [0, 0.05) is 32.4 Å². The largest absolute Gasteiger partial charge is 0.388 e. The summed E-state index contributed by atoms with van der Waals surface area (Å²) in [5.41, 5.74) is 2.58. The Kier molecular flexibility index (Phi) is 6.67. The van der Waals surface area contributed by atoms with Crippen LogP contribution in [0.4, 0.5) is 5.69 Å². The minimum atomic E-state index is 0.991. The van der Waals surface area contributed by atoms with E-state index in [2.05, 4.69) is 53.8 Å². The van der Waals surface area contributed by atoms with Crippen LogP contribution in [0.2, 0.25) is 0 Å². The van der Waals surface area contributed by atoms with Crippen LogP contribution in [-0.4, -0.2) is 38.6 Å². The van der Waals surface area contributed by atoms with Crippen molar-refractivity contribution < 1.29 is 0 Å². The number of rotatable bonds is 8. The van der Waals surface area contributed by atoms with Crippen LogP contribution in [0, 0.1) is 0 Å². The Bertz CT molecular complexity index is 312. The van der Waals surface area contributed by atoms with E-state index < -0.39 is 0 Å². The highest BCUT2D eigenvalue weighted by Crippen LogP contribution is 2.15. The topological polar surface area (TPSA) is 27.3 Å². The van der Waals surface area contributed by atoms with Crippen LogP contribution in [0.15, 0.2) is 24.3 Å². The Hall–Kier alpha value is -1.06. The molecular formula is C14H25N3. The summed E-state index contributed by atoms with van der Waals surface area (Å²) >= 11 is 0. The quantitative estimate of drug-likeness (QED) is 0.676. The zero-order chi connectivity index (χ0) is 12.5. The highest BCUT2D eigenvalue weighted by atomic mass is 15.1. The monoisotopic (exact) mass is 235 g/mol. The van der Waals surface area contributed by atoms with Gasteiger partial charge < -0.3 is 15.5 Å². The molecule has 0 aliphatic rings. The number of anilines is 1. The molecule has 1 aromatic carbocycles. The normalized spacial score (nSPS) is 10.8. The number of nitrogens with one attached hydrogen (secondary N) is 2. The second-order valence-corrected chi connectivity index (χ2v) is 4.39. The summed E-state index contributed by atoms with van der Waals surface area (Å²) in [6, 6.07) is 8.47. The van der Waals surface area contributed by atoms with Gasteiger partial charge in [-0.1, -0.05) is 25.1 Å². The molecule has 1 rings (SSSR count). The van der Waals surface area contributed by atoms with Gasteiger partial charge in [0.2, 0.25) is 0 Å². The van der Waals surface area contributed by atoms with Gasteiger partial charge >= 0.3 is 0 Å². The molecule has 0 heterocycles. The van der Waals surface area contributed by atoms with Gasteiger partial charge in [0.05, 0.1) is 0 Å². The SMILES string of the molecule is CCCNCCN(C)Cc1ccccc1NC. The summed E-state index contributed by atoms with van der Waals surface area (Å²) in [5, 5.41) is 6.66. The Morgan fingerprint density at radius 1 is 1.18 bits per heavy atom. The van der Waals surface area contributed by atoms with Gasteiger partial charge in [-0.3, -0.25) is 0 Å². The number of nitrogens with zero attached hydrogens (tertiary/aromatic N) is 1. The first-order valence-electron chi connectivity index (χ1n) is 6.42. The van der Waals surface area contributed by atoms with E-state index in [9.17, 15) is 0 Å². The molecule has 0 aliphatic heterocycles. The van der Waals surface area contributed by atoms with E-state index in [4.69, 9.17) is 0 Å². The third-order valence-corrected chi connectivity index (χ3v) is 2.82. The van der Waals surface area contributed by atoms with Crippen LogP contribution in [0.3, 0.4) is 0 Å². The smallest absolute Gasteiger partial charge is 0.0383 e. The van der Waals surface area contributed by atoms with E-state index in [0.717, 1.165) is 26.2 Å². The Morgan fingerprint density at radius 2 is 1.94 bits per heavy atom. The van der Waals surface area contributed by atoms with Crippen molar-refractivity contribution in [3.05, 3.63) is 29.8 Å². The molecule has 0 atom stereocenters. The summed E-state index contributed by atoms with van der Waals surface area (Å²) < 4.78 is 0. The van der Waals surface area contributed by atoms with Gasteiger partial charge in [-0.25, -0.2) is 0 Å². The molecule has 0 aliphatic carbocycles. The van der Waals surface area contributed by atoms with E-state index in [1.807, 2.05) is 7.05 Å². The minimum Gasteiger partial charge on any atom is -0.388 e. The number of likely N-dealkylation sites (N-methyl/N-ethyl adjacent to an activating group) is 1. The molecule has 0 fully saturated rings. The fraction of sp³-hybridized carbons (Fsp3) is 0.571. The van der Waals surface area contributed by atoms with E-state index in [1.165, 1.54) is 17.7 Å². The lowest BCUT2D eigenvalue weighted by Crippen LogP contribution is -2.29. The second kappa shape index (κ2) is 8.09. The van der Waals surface area contributed by atoms with Crippen LogP contribution in [0.5, 0.6) is 0 Å². The van der Waals surface area contributed by atoms with Gasteiger partial charge in [-0.15, -0.1) is 0 Å². The number of hydrogen-bond donors (Lipinski definition) is 2. The maximum atomic E-state index is 3.42.